The van der Waals surface area contributed by atoms with E-state index >= 15 is 0 Å². The molecule has 0 heterocycles. The van der Waals surface area contributed by atoms with Crippen molar-refractivity contribution in [1.29, 1.82) is 0 Å². The standard InChI is InChI=1S/C34H47Br3O3/c1-4-5-6-7-8-9-10-22-12-14-27-26-13-11-23-19-25(15-17-34(23,3)28(26)16-18-33(22,27)2)39-32(38)40-31-29(36)20-24(35)21-30(31)37/h11,20-22,25-28H,4-10,12-19H2,1-3H3/t22?,25-,26?,27?,28?,33+,34-/m0/s1. The molecule has 1 aromatic rings. The summed E-state index contributed by atoms with van der Waals surface area (Å²) in [6.07, 6.45) is 21.5. The predicted molar refractivity (Wildman–Crippen MR) is 174 cm³/mol. The predicted octanol–water partition coefficient (Wildman–Crippen LogP) is 12.2. The summed E-state index contributed by atoms with van der Waals surface area (Å²) in [4.78, 5) is 12.8. The van der Waals surface area contributed by atoms with Gasteiger partial charge in [0.05, 0.1) is 8.95 Å². The largest absolute Gasteiger partial charge is 0.514 e. The third-order valence-corrected chi connectivity index (χ3v) is 13.2. The lowest BCUT2D eigenvalue weighted by Crippen LogP contribution is -2.50. The van der Waals surface area contributed by atoms with E-state index in [4.69, 9.17) is 9.47 Å². The average Bonchev–Trinajstić information content (AvgIpc) is 3.24. The molecule has 0 N–H and O–H groups in total. The maximum Gasteiger partial charge on any atom is 0.514 e. The van der Waals surface area contributed by atoms with Gasteiger partial charge in [-0.15, -0.1) is 0 Å². The summed E-state index contributed by atoms with van der Waals surface area (Å²) in [6, 6.07) is 3.72. The first-order chi connectivity index (χ1) is 19.2. The van der Waals surface area contributed by atoms with Gasteiger partial charge in [0.15, 0.2) is 5.75 Å². The molecule has 0 aromatic heterocycles. The van der Waals surface area contributed by atoms with Gasteiger partial charge in [-0.05, 0) is 130 Å². The number of carbonyl (C=O) groups is 1. The van der Waals surface area contributed by atoms with Crippen LogP contribution in [0.3, 0.4) is 0 Å². The molecule has 40 heavy (non-hydrogen) atoms. The second kappa shape index (κ2) is 13.1. The number of carbonyl (C=O) groups excluding carboxylic acids is 1. The lowest BCUT2D eigenvalue weighted by atomic mass is 9.47. The van der Waals surface area contributed by atoms with E-state index < -0.39 is 6.16 Å². The Bertz CT molecular complexity index is 1080. The zero-order valence-corrected chi connectivity index (χ0v) is 29.3. The van der Waals surface area contributed by atoms with Gasteiger partial charge in [0.25, 0.3) is 0 Å². The summed E-state index contributed by atoms with van der Waals surface area (Å²) in [5, 5.41) is 0. The summed E-state index contributed by atoms with van der Waals surface area (Å²) in [5.74, 6) is 3.88. The summed E-state index contributed by atoms with van der Waals surface area (Å²) in [6.45, 7) is 7.51. The minimum Gasteiger partial charge on any atom is -0.430 e. The van der Waals surface area contributed by atoms with Gasteiger partial charge >= 0.3 is 6.16 Å². The highest BCUT2D eigenvalue weighted by Gasteiger charge is 2.58. The van der Waals surface area contributed by atoms with Crippen LogP contribution in [-0.2, 0) is 4.74 Å². The Balaban J connectivity index is 1.18. The van der Waals surface area contributed by atoms with E-state index in [1.54, 1.807) is 0 Å². The van der Waals surface area contributed by atoms with Crippen LogP contribution in [0.15, 0.2) is 37.2 Å². The lowest BCUT2D eigenvalue weighted by Gasteiger charge is -2.58. The number of allylic oxidation sites excluding steroid dienone is 1. The van der Waals surface area contributed by atoms with Crippen LogP contribution in [-0.4, -0.2) is 12.3 Å². The van der Waals surface area contributed by atoms with E-state index in [-0.39, 0.29) is 11.5 Å². The summed E-state index contributed by atoms with van der Waals surface area (Å²) >= 11 is 10.4. The van der Waals surface area contributed by atoms with E-state index in [0.717, 1.165) is 47.4 Å². The molecule has 3 nitrogen and oxygen atoms in total. The summed E-state index contributed by atoms with van der Waals surface area (Å²) in [5.41, 5.74) is 2.34. The summed E-state index contributed by atoms with van der Waals surface area (Å²) in [7, 11) is 0. The fourth-order valence-electron chi connectivity index (χ4n) is 9.35. The van der Waals surface area contributed by atoms with E-state index in [1.807, 2.05) is 12.1 Å². The van der Waals surface area contributed by atoms with Crippen molar-refractivity contribution in [2.75, 3.05) is 0 Å². The highest BCUT2D eigenvalue weighted by molar-refractivity contribution is 9.11. The van der Waals surface area contributed by atoms with Crippen molar-refractivity contribution in [3.8, 4) is 5.75 Å². The van der Waals surface area contributed by atoms with Crippen LogP contribution < -0.4 is 4.74 Å². The number of hydrogen-bond acceptors (Lipinski definition) is 3. The second-order valence-corrected chi connectivity index (χ2v) is 16.3. The number of halogens is 3. The van der Waals surface area contributed by atoms with Gasteiger partial charge in [0.2, 0.25) is 0 Å². The van der Waals surface area contributed by atoms with Gasteiger partial charge in [0, 0.05) is 10.9 Å². The van der Waals surface area contributed by atoms with Gasteiger partial charge in [-0.3, -0.25) is 0 Å². The number of hydrogen-bond donors (Lipinski definition) is 0. The van der Waals surface area contributed by atoms with Crippen LogP contribution in [0.25, 0.3) is 0 Å². The van der Waals surface area contributed by atoms with E-state index in [1.165, 1.54) is 82.6 Å². The smallest absolute Gasteiger partial charge is 0.430 e. The van der Waals surface area contributed by atoms with Gasteiger partial charge < -0.3 is 9.47 Å². The van der Waals surface area contributed by atoms with Crippen LogP contribution in [0.5, 0.6) is 5.75 Å². The SMILES string of the molecule is CCCCCCCCC1CCC2C3CC=C4C[C@@H](OC(=O)Oc5c(Br)cc(Br)cc5Br)CC[C@]4(C)C3CC[C@]12C. The quantitative estimate of drug-likeness (QED) is 0.109. The number of fused-ring (bicyclic) bond motifs is 5. The molecule has 0 bridgehead atoms. The molecule has 4 aliphatic carbocycles. The molecule has 0 aliphatic heterocycles. The Morgan fingerprint density at radius 3 is 2.40 bits per heavy atom. The minimum absolute atomic E-state index is 0.113. The molecule has 4 unspecified atom stereocenters. The minimum atomic E-state index is -0.623. The van der Waals surface area contributed by atoms with Gasteiger partial charge in [-0.1, -0.05) is 86.9 Å². The Hall–Kier alpha value is -0.330. The Morgan fingerprint density at radius 2 is 1.65 bits per heavy atom. The molecular formula is C34H47Br3O3. The third-order valence-electron chi connectivity index (χ3n) is 11.6. The van der Waals surface area contributed by atoms with Gasteiger partial charge in [0.1, 0.15) is 6.10 Å². The van der Waals surface area contributed by atoms with Crippen molar-refractivity contribution in [3.05, 3.63) is 37.2 Å². The molecule has 1 aromatic carbocycles. The van der Waals surface area contributed by atoms with Crippen LogP contribution >= 0.6 is 47.8 Å². The maximum absolute atomic E-state index is 12.8. The Kier molecular flexibility index (Phi) is 10.2. The number of rotatable bonds is 9. The number of ether oxygens (including phenoxy) is 2. The molecule has 3 saturated carbocycles. The highest BCUT2D eigenvalue weighted by Crippen LogP contribution is 2.66. The molecule has 5 rings (SSSR count). The molecule has 222 valence electrons. The van der Waals surface area contributed by atoms with Crippen molar-refractivity contribution in [2.24, 2.45) is 34.5 Å². The maximum atomic E-state index is 12.8. The van der Waals surface area contributed by atoms with E-state index in [9.17, 15) is 4.79 Å². The number of unbranched alkanes of at least 4 members (excludes halogenated alkanes) is 5. The highest BCUT2D eigenvalue weighted by atomic mass is 79.9. The summed E-state index contributed by atoms with van der Waals surface area (Å²) < 4.78 is 13.8. The third kappa shape index (κ3) is 6.30. The first-order valence-corrected chi connectivity index (χ1v) is 18.3. The van der Waals surface area contributed by atoms with Crippen LogP contribution in [0.2, 0.25) is 0 Å². The molecule has 0 saturated heterocycles. The zero-order chi connectivity index (χ0) is 28.5. The van der Waals surface area contributed by atoms with Crippen LogP contribution in [0.4, 0.5) is 4.79 Å². The van der Waals surface area contributed by atoms with E-state index in [2.05, 4.69) is 74.6 Å². The molecule has 3 fully saturated rings. The van der Waals surface area contributed by atoms with Crippen LogP contribution in [0, 0.1) is 34.5 Å². The Labute approximate surface area is 267 Å². The molecule has 0 spiro atoms. The zero-order valence-electron chi connectivity index (χ0n) is 24.6. The molecule has 4 aliphatic rings. The number of benzene rings is 1. The average molecular weight is 743 g/mol. The van der Waals surface area contributed by atoms with Crippen molar-refractivity contribution < 1.29 is 14.3 Å². The Morgan fingerprint density at radius 1 is 0.925 bits per heavy atom. The second-order valence-electron chi connectivity index (χ2n) is 13.7. The lowest BCUT2D eigenvalue weighted by molar-refractivity contribution is -0.0538. The first-order valence-electron chi connectivity index (χ1n) is 15.9. The van der Waals surface area contributed by atoms with Crippen molar-refractivity contribution in [3.63, 3.8) is 0 Å². The van der Waals surface area contributed by atoms with Crippen LogP contribution in [0.1, 0.15) is 117 Å². The monoisotopic (exact) mass is 740 g/mol. The normalized spacial score (nSPS) is 34.9. The van der Waals surface area contributed by atoms with Gasteiger partial charge in [-0.2, -0.15) is 0 Å². The van der Waals surface area contributed by atoms with Crippen molar-refractivity contribution in [1.82, 2.24) is 0 Å². The first kappa shape index (κ1) is 31.1. The van der Waals surface area contributed by atoms with E-state index in [0.29, 0.717) is 20.1 Å². The fourth-order valence-corrected chi connectivity index (χ4v) is 11.8. The van der Waals surface area contributed by atoms with Crippen molar-refractivity contribution in [2.45, 2.75) is 123 Å². The molecule has 0 radical (unpaired) electrons. The molecule has 7 atom stereocenters. The molecule has 0 amide bonds. The topological polar surface area (TPSA) is 35.5 Å². The van der Waals surface area contributed by atoms with Crippen molar-refractivity contribution >= 4 is 53.9 Å². The molecular weight excluding hydrogens is 696 g/mol. The fraction of sp³-hybridized carbons (Fsp3) is 0.735. The van der Waals surface area contributed by atoms with Gasteiger partial charge in [-0.25, -0.2) is 4.79 Å². The molecule has 6 heteroatoms.